The Labute approximate surface area is 98.2 Å². The first-order chi connectivity index (χ1) is 8.10. The number of methoxy groups -OCH3 is 1. The third-order valence-corrected chi connectivity index (χ3v) is 2.13. The zero-order valence-corrected chi connectivity index (χ0v) is 9.61. The van der Waals surface area contributed by atoms with Gasteiger partial charge in [0.15, 0.2) is 0 Å². The second kappa shape index (κ2) is 6.36. The Balaban J connectivity index is 3.10. The van der Waals surface area contributed by atoms with Crippen LogP contribution in [-0.4, -0.2) is 25.4 Å². The van der Waals surface area contributed by atoms with Crippen molar-refractivity contribution in [3.8, 4) is 11.5 Å². The van der Waals surface area contributed by atoms with Gasteiger partial charge in [0.25, 0.3) is 0 Å². The van der Waals surface area contributed by atoms with Gasteiger partial charge in [-0.2, -0.15) is 8.78 Å². The molecule has 1 unspecified atom stereocenters. The maximum Gasteiger partial charge on any atom is 0.387 e. The number of aliphatic hydroxyl groups excluding tert-OH is 1. The molecule has 0 aliphatic rings. The molecule has 17 heavy (non-hydrogen) atoms. The Hall–Kier alpha value is -1.40. The minimum absolute atomic E-state index is 0.104. The molecule has 96 valence electrons. The molecule has 0 aliphatic heterocycles. The van der Waals surface area contributed by atoms with E-state index in [2.05, 4.69) is 10.1 Å². The van der Waals surface area contributed by atoms with Crippen LogP contribution >= 0.6 is 0 Å². The third-order valence-electron chi connectivity index (χ3n) is 2.13. The fraction of sp³-hybridized carbons (Fsp3) is 0.455. The van der Waals surface area contributed by atoms with E-state index in [0.717, 1.165) is 0 Å². The molecule has 4 nitrogen and oxygen atoms in total. The standard InChI is InChI=1S/C11H15F2NO3/c1-3-14-10(15)9-7(16-2)5-4-6-8(9)17-11(12)13/h4-6,10-11,14-15H,3H2,1-2H3. The molecule has 1 aromatic carbocycles. The quantitative estimate of drug-likeness (QED) is 0.754. The maximum absolute atomic E-state index is 12.2. The predicted molar refractivity (Wildman–Crippen MR) is 58.3 cm³/mol. The first kappa shape index (κ1) is 13.7. The normalized spacial score (nSPS) is 12.6. The number of hydrogen-bond donors (Lipinski definition) is 2. The van der Waals surface area contributed by atoms with E-state index in [9.17, 15) is 13.9 Å². The molecule has 0 aliphatic carbocycles. The van der Waals surface area contributed by atoms with E-state index in [1.807, 2.05) is 0 Å². The summed E-state index contributed by atoms with van der Waals surface area (Å²) in [7, 11) is 1.39. The Bertz CT molecular complexity index is 361. The number of rotatable bonds is 6. The molecular formula is C11H15F2NO3. The lowest BCUT2D eigenvalue weighted by Gasteiger charge is -2.19. The minimum Gasteiger partial charge on any atom is -0.496 e. The molecule has 6 heteroatoms. The van der Waals surface area contributed by atoms with Crippen molar-refractivity contribution < 1.29 is 23.4 Å². The average Bonchev–Trinajstić information content (AvgIpc) is 2.28. The van der Waals surface area contributed by atoms with Gasteiger partial charge in [-0.1, -0.05) is 13.0 Å². The summed E-state index contributed by atoms with van der Waals surface area (Å²) < 4.78 is 33.8. The van der Waals surface area contributed by atoms with E-state index < -0.39 is 12.8 Å². The summed E-state index contributed by atoms with van der Waals surface area (Å²) in [5, 5.41) is 12.5. The van der Waals surface area contributed by atoms with Crippen LogP contribution in [0.3, 0.4) is 0 Å². The molecule has 1 atom stereocenters. The van der Waals surface area contributed by atoms with Crippen LogP contribution in [0.2, 0.25) is 0 Å². The monoisotopic (exact) mass is 247 g/mol. The highest BCUT2D eigenvalue weighted by atomic mass is 19.3. The summed E-state index contributed by atoms with van der Waals surface area (Å²) >= 11 is 0. The van der Waals surface area contributed by atoms with Crippen LogP contribution in [0.1, 0.15) is 18.7 Å². The topological polar surface area (TPSA) is 50.7 Å². The molecule has 0 saturated heterocycles. The van der Waals surface area contributed by atoms with Crippen LogP contribution in [0, 0.1) is 0 Å². The van der Waals surface area contributed by atoms with Crippen LogP contribution < -0.4 is 14.8 Å². The Kier molecular flexibility index (Phi) is 5.11. The number of aliphatic hydroxyl groups is 1. The van der Waals surface area contributed by atoms with Crippen LogP contribution in [0.5, 0.6) is 11.5 Å². The fourth-order valence-electron chi connectivity index (χ4n) is 1.47. The first-order valence-electron chi connectivity index (χ1n) is 5.13. The first-order valence-corrected chi connectivity index (χ1v) is 5.13. The molecule has 0 bridgehead atoms. The zero-order valence-electron chi connectivity index (χ0n) is 9.61. The smallest absolute Gasteiger partial charge is 0.387 e. The lowest BCUT2D eigenvalue weighted by molar-refractivity contribution is -0.0520. The predicted octanol–water partition coefficient (Wildman–Crippen LogP) is 1.90. The number of benzene rings is 1. The summed E-state index contributed by atoms with van der Waals surface area (Å²) in [5.41, 5.74) is 0.164. The summed E-state index contributed by atoms with van der Waals surface area (Å²) in [6.45, 7) is -0.686. The largest absolute Gasteiger partial charge is 0.496 e. The second-order valence-electron chi connectivity index (χ2n) is 3.21. The fourth-order valence-corrected chi connectivity index (χ4v) is 1.47. The van der Waals surface area contributed by atoms with E-state index >= 15 is 0 Å². The van der Waals surface area contributed by atoms with Crippen LogP contribution in [-0.2, 0) is 0 Å². The highest BCUT2D eigenvalue weighted by molar-refractivity contribution is 5.46. The Morgan fingerprint density at radius 3 is 2.53 bits per heavy atom. The molecule has 1 aromatic rings. The summed E-state index contributed by atoms with van der Waals surface area (Å²) in [5.74, 6) is 0.185. The van der Waals surface area contributed by atoms with Gasteiger partial charge >= 0.3 is 6.61 Å². The Morgan fingerprint density at radius 1 is 1.35 bits per heavy atom. The molecule has 0 saturated carbocycles. The molecular weight excluding hydrogens is 232 g/mol. The van der Waals surface area contributed by atoms with Gasteiger partial charge in [0.2, 0.25) is 0 Å². The molecule has 0 spiro atoms. The highest BCUT2D eigenvalue weighted by Gasteiger charge is 2.20. The lowest BCUT2D eigenvalue weighted by Crippen LogP contribution is -2.22. The van der Waals surface area contributed by atoms with Crippen molar-refractivity contribution in [3.05, 3.63) is 23.8 Å². The molecule has 0 fully saturated rings. The van der Waals surface area contributed by atoms with Gasteiger partial charge in [-0.25, -0.2) is 0 Å². The minimum atomic E-state index is -2.95. The summed E-state index contributed by atoms with van der Waals surface area (Å²) in [4.78, 5) is 0. The van der Waals surface area contributed by atoms with Crippen molar-refractivity contribution >= 4 is 0 Å². The van der Waals surface area contributed by atoms with E-state index in [4.69, 9.17) is 4.74 Å². The Morgan fingerprint density at radius 2 is 2.00 bits per heavy atom. The van der Waals surface area contributed by atoms with Crippen LogP contribution in [0.15, 0.2) is 18.2 Å². The molecule has 0 radical (unpaired) electrons. The molecule has 1 rings (SSSR count). The molecule has 0 aromatic heterocycles. The van der Waals surface area contributed by atoms with Gasteiger partial charge in [0.1, 0.15) is 17.7 Å². The van der Waals surface area contributed by atoms with Gasteiger partial charge in [-0.3, -0.25) is 5.32 Å². The van der Waals surface area contributed by atoms with E-state index in [0.29, 0.717) is 6.54 Å². The summed E-state index contributed by atoms with van der Waals surface area (Å²) in [6, 6.07) is 4.43. The molecule has 2 N–H and O–H groups in total. The van der Waals surface area contributed by atoms with Crippen molar-refractivity contribution in [2.45, 2.75) is 19.8 Å². The highest BCUT2D eigenvalue weighted by Crippen LogP contribution is 2.33. The maximum atomic E-state index is 12.2. The molecule has 0 heterocycles. The number of halogens is 2. The van der Waals surface area contributed by atoms with Crippen molar-refractivity contribution in [1.29, 1.82) is 0 Å². The van der Waals surface area contributed by atoms with Crippen LogP contribution in [0.25, 0.3) is 0 Å². The van der Waals surface area contributed by atoms with Gasteiger partial charge in [0.05, 0.1) is 12.7 Å². The van der Waals surface area contributed by atoms with Gasteiger partial charge in [0, 0.05) is 0 Å². The van der Waals surface area contributed by atoms with Crippen molar-refractivity contribution in [2.75, 3.05) is 13.7 Å². The van der Waals surface area contributed by atoms with Gasteiger partial charge in [-0.05, 0) is 18.7 Å². The van der Waals surface area contributed by atoms with Gasteiger partial charge < -0.3 is 14.6 Å². The number of hydrogen-bond acceptors (Lipinski definition) is 4. The van der Waals surface area contributed by atoms with E-state index in [1.54, 1.807) is 13.0 Å². The number of alkyl halides is 2. The SMILES string of the molecule is CCNC(O)c1c(OC)cccc1OC(F)F. The lowest BCUT2D eigenvalue weighted by atomic mass is 10.1. The van der Waals surface area contributed by atoms with Crippen LogP contribution in [0.4, 0.5) is 8.78 Å². The average molecular weight is 247 g/mol. The third kappa shape index (κ3) is 3.54. The van der Waals surface area contributed by atoms with Crippen molar-refractivity contribution in [3.63, 3.8) is 0 Å². The van der Waals surface area contributed by atoms with E-state index in [-0.39, 0.29) is 17.1 Å². The second-order valence-corrected chi connectivity index (χ2v) is 3.21. The van der Waals surface area contributed by atoms with E-state index in [1.165, 1.54) is 19.2 Å². The number of ether oxygens (including phenoxy) is 2. The van der Waals surface area contributed by atoms with Crippen molar-refractivity contribution in [1.82, 2.24) is 5.32 Å². The summed E-state index contributed by atoms with van der Waals surface area (Å²) in [6.07, 6.45) is -1.12. The van der Waals surface area contributed by atoms with Crippen molar-refractivity contribution in [2.24, 2.45) is 0 Å². The molecule has 0 amide bonds. The number of nitrogens with one attached hydrogen (secondary N) is 1. The van der Waals surface area contributed by atoms with Gasteiger partial charge in [-0.15, -0.1) is 0 Å². The zero-order chi connectivity index (χ0) is 12.8.